The van der Waals surface area contributed by atoms with Crippen LogP contribution in [0.3, 0.4) is 0 Å². The minimum absolute atomic E-state index is 0.00596. The molecule has 0 spiro atoms. The first kappa shape index (κ1) is 18.8. The number of nitrogens with zero attached hydrogens (tertiary/aromatic N) is 5. The van der Waals surface area contributed by atoms with Crippen LogP contribution in [-0.4, -0.2) is 55.6 Å². The molecular formula is C21H30N6O2. The molecule has 8 nitrogen and oxygen atoms in total. The second-order valence-corrected chi connectivity index (χ2v) is 8.86. The summed E-state index contributed by atoms with van der Waals surface area (Å²) < 4.78 is 8.08. The van der Waals surface area contributed by atoms with Crippen LogP contribution in [0.4, 0.5) is 5.82 Å². The lowest BCUT2D eigenvalue weighted by atomic mass is 9.83. The van der Waals surface area contributed by atoms with E-state index in [2.05, 4.69) is 15.0 Å². The fourth-order valence-corrected chi connectivity index (χ4v) is 5.50. The Bertz CT molecular complexity index is 869. The number of aromatic nitrogens is 4. The van der Waals surface area contributed by atoms with Gasteiger partial charge in [-0.05, 0) is 37.5 Å². The van der Waals surface area contributed by atoms with E-state index >= 15 is 0 Å². The topological polar surface area (TPSA) is 99.2 Å². The lowest BCUT2D eigenvalue weighted by Crippen LogP contribution is -2.44. The van der Waals surface area contributed by atoms with Gasteiger partial charge in [-0.2, -0.15) is 0 Å². The van der Waals surface area contributed by atoms with Crippen molar-refractivity contribution in [1.82, 2.24) is 24.4 Å². The molecular weight excluding hydrogens is 368 g/mol. The Kier molecular flexibility index (Phi) is 5.11. The number of carbonyl (C=O) groups is 1. The maximum atomic E-state index is 13.0. The third kappa shape index (κ3) is 3.70. The summed E-state index contributed by atoms with van der Waals surface area (Å²) in [6.45, 7) is 2.42. The molecule has 2 aliphatic heterocycles. The van der Waals surface area contributed by atoms with E-state index in [9.17, 15) is 4.79 Å². The monoisotopic (exact) mass is 398 g/mol. The third-order valence-corrected chi connectivity index (χ3v) is 7.13. The van der Waals surface area contributed by atoms with Crippen LogP contribution < -0.4 is 5.73 Å². The highest BCUT2D eigenvalue weighted by Gasteiger charge is 2.36. The Morgan fingerprint density at radius 3 is 2.59 bits per heavy atom. The van der Waals surface area contributed by atoms with Crippen LogP contribution >= 0.6 is 0 Å². The number of likely N-dealkylation sites (tertiary alicyclic amines) is 1. The van der Waals surface area contributed by atoms with Crippen LogP contribution in [-0.2, 0) is 16.1 Å². The van der Waals surface area contributed by atoms with E-state index in [1.807, 2.05) is 9.47 Å². The molecule has 2 saturated heterocycles. The number of piperidine rings is 1. The zero-order valence-electron chi connectivity index (χ0n) is 16.9. The summed E-state index contributed by atoms with van der Waals surface area (Å²) in [5.41, 5.74) is 7.19. The van der Waals surface area contributed by atoms with Gasteiger partial charge in [0.15, 0.2) is 11.5 Å². The molecule has 3 aliphatic rings. The van der Waals surface area contributed by atoms with Gasteiger partial charge in [-0.15, -0.1) is 0 Å². The van der Waals surface area contributed by atoms with Gasteiger partial charge in [-0.25, -0.2) is 15.0 Å². The Balaban J connectivity index is 1.15. The van der Waals surface area contributed by atoms with E-state index in [4.69, 9.17) is 10.5 Å². The zero-order chi connectivity index (χ0) is 19.8. The van der Waals surface area contributed by atoms with Gasteiger partial charge in [0.25, 0.3) is 5.91 Å². The van der Waals surface area contributed by atoms with E-state index in [1.165, 1.54) is 32.0 Å². The normalized spacial score (nSPS) is 26.6. The highest BCUT2D eigenvalue weighted by molar-refractivity contribution is 5.82. The van der Waals surface area contributed by atoms with Crippen molar-refractivity contribution in [1.29, 1.82) is 0 Å². The van der Waals surface area contributed by atoms with Crippen LogP contribution in [0.25, 0.3) is 11.2 Å². The van der Waals surface area contributed by atoms with E-state index in [0.29, 0.717) is 23.5 Å². The van der Waals surface area contributed by atoms with Crippen molar-refractivity contribution in [2.24, 2.45) is 11.8 Å². The van der Waals surface area contributed by atoms with Gasteiger partial charge in [-0.3, -0.25) is 4.79 Å². The smallest absolute Gasteiger partial charge is 0.251 e. The molecule has 2 aromatic heterocycles. The fourth-order valence-electron chi connectivity index (χ4n) is 5.50. The maximum absolute atomic E-state index is 13.0. The second kappa shape index (κ2) is 7.89. The number of nitrogen functional groups attached to an aromatic ring is 1. The fraction of sp³-hybridized carbons (Fsp3) is 0.714. The first-order valence-corrected chi connectivity index (χ1v) is 11.0. The van der Waals surface area contributed by atoms with Crippen molar-refractivity contribution in [3.63, 3.8) is 0 Å². The van der Waals surface area contributed by atoms with Crippen LogP contribution in [0.15, 0.2) is 12.7 Å². The molecule has 8 heteroatoms. The van der Waals surface area contributed by atoms with Crippen LogP contribution in [0.1, 0.15) is 51.4 Å². The third-order valence-electron chi connectivity index (χ3n) is 7.13. The molecule has 0 unspecified atom stereocenters. The lowest BCUT2D eigenvalue weighted by Gasteiger charge is -2.36. The van der Waals surface area contributed by atoms with Gasteiger partial charge >= 0.3 is 0 Å². The Morgan fingerprint density at radius 2 is 1.79 bits per heavy atom. The number of carbonyl (C=O) groups excluding carboxylic acids is 1. The predicted octanol–water partition coefficient (Wildman–Crippen LogP) is 2.38. The van der Waals surface area contributed by atoms with Gasteiger partial charge in [0.05, 0.1) is 19.0 Å². The highest BCUT2D eigenvalue weighted by atomic mass is 16.5. The molecule has 2 aromatic rings. The van der Waals surface area contributed by atoms with Crippen LogP contribution in [0.2, 0.25) is 0 Å². The molecule has 2 atom stereocenters. The van der Waals surface area contributed by atoms with Gasteiger partial charge in [0.1, 0.15) is 17.9 Å². The SMILES string of the molecule is Nc1ncnc2c1ncn2C[C@@H]1CC[C@H](C(=O)N2CCC(C3CCCC3)CC2)O1. The first-order chi connectivity index (χ1) is 14.2. The van der Waals surface area contributed by atoms with E-state index in [1.54, 1.807) is 6.33 Å². The molecule has 29 heavy (non-hydrogen) atoms. The Labute approximate surface area is 170 Å². The van der Waals surface area contributed by atoms with Crippen molar-refractivity contribution in [2.75, 3.05) is 18.8 Å². The summed E-state index contributed by atoms with van der Waals surface area (Å²) in [6, 6.07) is 0. The molecule has 0 radical (unpaired) electrons. The molecule has 1 amide bonds. The summed E-state index contributed by atoms with van der Waals surface area (Å²) in [4.78, 5) is 27.6. The number of hydrogen-bond donors (Lipinski definition) is 1. The van der Waals surface area contributed by atoms with Gasteiger partial charge < -0.3 is 19.9 Å². The van der Waals surface area contributed by atoms with Crippen molar-refractivity contribution < 1.29 is 9.53 Å². The molecule has 156 valence electrons. The standard InChI is InChI=1S/C21H30N6O2/c22-19-18-20(24-12-23-19)27(13-25-18)11-16-5-6-17(29-16)21(28)26-9-7-15(8-10-26)14-3-1-2-4-14/h12-17H,1-11H2,(H2,22,23,24)/t16-,17+/m0/s1. The zero-order valence-corrected chi connectivity index (χ0v) is 16.9. The first-order valence-electron chi connectivity index (χ1n) is 11.0. The number of nitrogens with two attached hydrogens (primary N) is 1. The molecule has 2 N–H and O–H groups in total. The molecule has 0 aromatic carbocycles. The van der Waals surface area contributed by atoms with E-state index in [0.717, 1.165) is 50.6 Å². The number of amides is 1. The van der Waals surface area contributed by atoms with Gasteiger partial charge in [0.2, 0.25) is 0 Å². The van der Waals surface area contributed by atoms with Crippen molar-refractivity contribution >= 4 is 22.9 Å². The number of hydrogen-bond acceptors (Lipinski definition) is 6. The molecule has 0 bridgehead atoms. The number of ether oxygens (including phenoxy) is 1. The van der Waals surface area contributed by atoms with Crippen molar-refractivity contribution in [2.45, 2.75) is 70.1 Å². The van der Waals surface area contributed by atoms with Gasteiger partial charge in [-0.1, -0.05) is 25.7 Å². The molecule has 5 rings (SSSR count). The average Bonchev–Trinajstić information content (AvgIpc) is 3.50. The molecule has 1 saturated carbocycles. The number of fused-ring (bicyclic) bond motifs is 1. The maximum Gasteiger partial charge on any atom is 0.251 e. The summed E-state index contributed by atoms with van der Waals surface area (Å²) in [5, 5.41) is 0. The van der Waals surface area contributed by atoms with Gasteiger partial charge in [0, 0.05) is 13.1 Å². The molecule has 4 heterocycles. The van der Waals surface area contributed by atoms with Crippen LogP contribution in [0.5, 0.6) is 0 Å². The highest BCUT2D eigenvalue weighted by Crippen LogP contribution is 2.37. The Hall–Kier alpha value is -2.22. The number of anilines is 1. The summed E-state index contributed by atoms with van der Waals surface area (Å²) in [5.74, 6) is 2.29. The number of rotatable bonds is 4. The second-order valence-electron chi connectivity index (χ2n) is 8.86. The minimum atomic E-state index is -0.308. The predicted molar refractivity (Wildman–Crippen MR) is 109 cm³/mol. The average molecular weight is 399 g/mol. The van der Waals surface area contributed by atoms with Crippen LogP contribution in [0, 0.1) is 11.8 Å². The van der Waals surface area contributed by atoms with Crippen molar-refractivity contribution in [3.8, 4) is 0 Å². The quantitative estimate of drug-likeness (QED) is 0.849. The lowest BCUT2D eigenvalue weighted by molar-refractivity contribution is -0.144. The Morgan fingerprint density at radius 1 is 1.03 bits per heavy atom. The summed E-state index contributed by atoms with van der Waals surface area (Å²) >= 11 is 0. The van der Waals surface area contributed by atoms with E-state index < -0.39 is 0 Å². The van der Waals surface area contributed by atoms with Crippen molar-refractivity contribution in [3.05, 3.63) is 12.7 Å². The summed E-state index contributed by atoms with van der Waals surface area (Å²) in [7, 11) is 0. The summed E-state index contributed by atoms with van der Waals surface area (Å²) in [6.07, 6.45) is 12.4. The number of imidazole rings is 1. The molecule has 1 aliphatic carbocycles. The van der Waals surface area contributed by atoms with E-state index in [-0.39, 0.29) is 18.1 Å². The minimum Gasteiger partial charge on any atom is -0.382 e. The molecule has 3 fully saturated rings. The largest absolute Gasteiger partial charge is 0.382 e.